The minimum atomic E-state index is -0.515. The van der Waals surface area contributed by atoms with Gasteiger partial charge in [0.2, 0.25) is 0 Å². The Hall–Kier alpha value is -2.10. The Balaban J connectivity index is 2.54. The van der Waals surface area contributed by atoms with E-state index >= 15 is 0 Å². The average Bonchev–Trinajstić information content (AvgIpc) is 2.32. The monoisotopic (exact) mass is 235 g/mol. The Bertz CT molecular complexity index is 555. The lowest BCUT2D eigenvalue weighted by Crippen LogP contribution is -1.95. The zero-order valence-corrected chi connectivity index (χ0v) is 9.21. The maximum absolute atomic E-state index is 13.5. The zero-order chi connectivity index (χ0) is 12.4. The van der Waals surface area contributed by atoms with Gasteiger partial charge in [0.15, 0.2) is 11.6 Å². The van der Waals surface area contributed by atoms with Gasteiger partial charge in [0.05, 0.1) is 12.8 Å². The molecule has 0 unspecified atom stereocenters. The summed E-state index contributed by atoms with van der Waals surface area (Å²) < 4.78 is 31.6. The van der Waals surface area contributed by atoms with Crippen LogP contribution in [0.25, 0.3) is 11.1 Å². The molecule has 0 aliphatic heterocycles. The largest absolute Gasteiger partial charge is 0.494 e. The molecule has 0 aliphatic carbocycles. The van der Waals surface area contributed by atoms with Crippen LogP contribution in [0, 0.1) is 11.6 Å². The maximum Gasteiger partial charge on any atom is 0.165 e. The van der Waals surface area contributed by atoms with Crippen molar-refractivity contribution in [2.45, 2.75) is 0 Å². The van der Waals surface area contributed by atoms with Gasteiger partial charge >= 0.3 is 0 Å². The molecule has 0 saturated carbocycles. The number of hydrogen-bond donors (Lipinski definition) is 1. The number of methoxy groups -OCH3 is 1. The van der Waals surface area contributed by atoms with Crippen LogP contribution in [-0.2, 0) is 0 Å². The standard InChI is InChI=1S/C13H11F2NO/c1-17-12-6-5-8(7-11(12)15)9-3-2-4-10(14)13(9)16/h2-7H,16H2,1H3. The lowest BCUT2D eigenvalue weighted by Gasteiger charge is -2.08. The maximum atomic E-state index is 13.5. The second-order valence-electron chi connectivity index (χ2n) is 3.55. The smallest absolute Gasteiger partial charge is 0.165 e. The molecule has 0 aliphatic rings. The second-order valence-corrected chi connectivity index (χ2v) is 3.55. The predicted octanol–water partition coefficient (Wildman–Crippen LogP) is 3.22. The van der Waals surface area contributed by atoms with Gasteiger partial charge in [0.1, 0.15) is 5.82 Å². The first-order valence-electron chi connectivity index (χ1n) is 5.01. The van der Waals surface area contributed by atoms with Crippen molar-refractivity contribution in [3.63, 3.8) is 0 Å². The molecule has 0 bridgehead atoms. The number of hydrogen-bond acceptors (Lipinski definition) is 2. The molecule has 0 radical (unpaired) electrons. The molecule has 2 aromatic rings. The molecule has 2 rings (SSSR count). The Morgan fingerprint density at radius 1 is 1.06 bits per heavy atom. The summed E-state index contributed by atoms with van der Waals surface area (Å²) in [7, 11) is 1.38. The number of nitrogens with two attached hydrogens (primary N) is 1. The van der Waals surface area contributed by atoms with E-state index in [-0.39, 0.29) is 11.4 Å². The van der Waals surface area contributed by atoms with Gasteiger partial charge in [-0.3, -0.25) is 0 Å². The number of rotatable bonds is 2. The van der Waals surface area contributed by atoms with Crippen molar-refractivity contribution in [3.8, 4) is 16.9 Å². The van der Waals surface area contributed by atoms with Gasteiger partial charge in [-0.05, 0) is 23.8 Å². The molecule has 17 heavy (non-hydrogen) atoms. The third-order valence-electron chi connectivity index (χ3n) is 2.52. The van der Waals surface area contributed by atoms with Gasteiger partial charge in [0.25, 0.3) is 0 Å². The third kappa shape index (κ3) is 2.06. The third-order valence-corrected chi connectivity index (χ3v) is 2.52. The minimum absolute atomic E-state index is 0.0112. The molecule has 2 N–H and O–H groups in total. The number of nitrogen functional groups attached to an aromatic ring is 1. The van der Waals surface area contributed by atoms with Crippen molar-refractivity contribution in [2.75, 3.05) is 12.8 Å². The van der Waals surface area contributed by atoms with Gasteiger partial charge < -0.3 is 10.5 Å². The number of benzene rings is 2. The SMILES string of the molecule is COc1ccc(-c2cccc(F)c2N)cc1F. The highest BCUT2D eigenvalue weighted by Gasteiger charge is 2.09. The summed E-state index contributed by atoms with van der Waals surface area (Å²) in [6.45, 7) is 0. The molecule has 2 nitrogen and oxygen atoms in total. The normalized spacial score (nSPS) is 10.3. The van der Waals surface area contributed by atoms with Crippen LogP contribution in [0.5, 0.6) is 5.75 Å². The van der Waals surface area contributed by atoms with Crippen LogP contribution >= 0.6 is 0 Å². The fourth-order valence-corrected chi connectivity index (χ4v) is 1.62. The average molecular weight is 235 g/mol. The number of anilines is 1. The fourth-order valence-electron chi connectivity index (χ4n) is 1.62. The van der Waals surface area contributed by atoms with Crippen LogP contribution in [0.15, 0.2) is 36.4 Å². The van der Waals surface area contributed by atoms with Crippen molar-refractivity contribution in [3.05, 3.63) is 48.0 Å². The van der Waals surface area contributed by atoms with Gasteiger partial charge in [-0.1, -0.05) is 18.2 Å². The van der Waals surface area contributed by atoms with E-state index in [2.05, 4.69) is 0 Å². The predicted molar refractivity (Wildman–Crippen MR) is 62.8 cm³/mol. The van der Waals surface area contributed by atoms with E-state index in [9.17, 15) is 8.78 Å². The molecule has 88 valence electrons. The molecule has 0 aromatic heterocycles. The molecular weight excluding hydrogens is 224 g/mol. The zero-order valence-electron chi connectivity index (χ0n) is 9.21. The van der Waals surface area contributed by atoms with Gasteiger partial charge in [-0.15, -0.1) is 0 Å². The van der Waals surface area contributed by atoms with Crippen molar-refractivity contribution >= 4 is 5.69 Å². The van der Waals surface area contributed by atoms with E-state index in [1.807, 2.05) is 0 Å². The highest BCUT2D eigenvalue weighted by Crippen LogP contribution is 2.30. The van der Waals surface area contributed by atoms with Gasteiger partial charge in [-0.2, -0.15) is 0 Å². The summed E-state index contributed by atoms with van der Waals surface area (Å²) in [6.07, 6.45) is 0. The minimum Gasteiger partial charge on any atom is -0.494 e. The summed E-state index contributed by atoms with van der Waals surface area (Å²) >= 11 is 0. The van der Waals surface area contributed by atoms with E-state index in [1.165, 1.54) is 31.4 Å². The molecule has 0 atom stereocenters. The first-order chi connectivity index (χ1) is 8.13. The van der Waals surface area contributed by atoms with Gasteiger partial charge in [0, 0.05) is 5.56 Å². The van der Waals surface area contributed by atoms with Crippen molar-refractivity contribution < 1.29 is 13.5 Å². The molecule has 0 heterocycles. The number of ether oxygens (including phenoxy) is 1. The van der Waals surface area contributed by atoms with Gasteiger partial charge in [-0.25, -0.2) is 8.78 Å². The van der Waals surface area contributed by atoms with Crippen molar-refractivity contribution in [1.29, 1.82) is 0 Å². The first kappa shape index (κ1) is 11.4. The number of halogens is 2. The lowest BCUT2D eigenvalue weighted by atomic mass is 10.0. The van der Waals surface area contributed by atoms with Crippen LogP contribution in [0.3, 0.4) is 0 Å². The van der Waals surface area contributed by atoms with E-state index in [0.29, 0.717) is 11.1 Å². The Morgan fingerprint density at radius 2 is 1.82 bits per heavy atom. The quantitative estimate of drug-likeness (QED) is 0.811. The van der Waals surface area contributed by atoms with Crippen LogP contribution in [0.4, 0.5) is 14.5 Å². The van der Waals surface area contributed by atoms with Crippen molar-refractivity contribution in [2.24, 2.45) is 0 Å². The number of para-hydroxylation sites is 1. The molecule has 0 spiro atoms. The summed E-state index contributed by atoms with van der Waals surface area (Å²) in [5.41, 5.74) is 6.60. The van der Waals surface area contributed by atoms with Crippen LogP contribution in [0.1, 0.15) is 0 Å². The van der Waals surface area contributed by atoms with Crippen molar-refractivity contribution in [1.82, 2.24) is 0 Å². The summed E-state index contributed by atoms with van der Waals surface area (Å²) in [5.74, 6) is -0.879. The van der Waals surface area contributed by atoms with E-state index < -0.39 is 11.6 Å². The Morgan fingerprint density at radius 3 is 2.47 bits per heavy atom. The summed E-state index contributed by atoms with van der Waals surface area (Å²) in [4.78, 5) is 0. The first-order valence-corrected chi connectivity index (χ1v) is 5.01. The Kier molecular flexibility index (Phi) is 2.95. The lowest BCUT2D eigenvalue weighted by molar-refractivity contribution is 0.386. The highest BCUT2D eigenvalue weighted by atomic mass is 19.1. The summed E-state index contributed by atoms with van der Waals surface area (Å²) in [6, 6.07) is 8.81. The van der Waals surface area contributed by atoms with Crippen LogP contribution < -0.4 is 10.5 Å². The highest BCUT2D eigenvalue weighted by molar-refractivity contribution is 5.76. The second kappa shape index (κ2) is 4.41. The summed E-state index contributed by atoms with van der Waals surface area (Å²) in [5, 5.41) is 0. The molecule has 2 aromatic carbocycles. The Labute approximate surface area is 97.6 Å². The fraction of sp³-hybridized carbons (Fsp3) is 0.0769. The topological polar surface area (TPSA) is 35.2 Å². The molecule has 4 heteroatoms. The molecule has 0 amide bonds. The van der Waals surface area contributed by atoms with E-state index in [4.69, 9.17) is 10.5 Å². The van der Waals surface area contributed by atoms with Crippen LogP contribution in [-0.4, -0.2) is 7.11 Å². The van der Waals surface area contributed by atoms with Crippen LogP contribution in [0.2, 0.25) is 0 Å². The molecular formula is C13H11F2NO. The molecule has 0 saturated heterocycles. The van der Waals surface area contributed by atoms with E-state index in [0.717, 1.165) is 0 Å². The van der Waals surface area contributed by atoms with E-state index in [1.54, 1.807) is 12.1 Å². The molecule has 0 fully saturated rings.